The van der Waals surface area contributed by atoms with Gasteiger partial charge >= 0.3 is 0 Å². The lowest BCUT2D eigenvalue weighted by molar-refractivity contribution is -0.137. The van der Waals surface area contributed by atoms with E-state index in [1.807, 2.05) is 4.90 Å². The summed E-state index contributed by atoms with van der Waals surface area (Å²) in [5.41, 5.74) is 0.888. The van der Waals surface area contributed by atoms with E-state index < -0.39 is 6.04 Å². The van der Waals surface area contributed by atoms with E-state index in [1.54, 1.807) is 23.7 Å². The molecule has 1 saturated heterocycles. The van der Waals surface area contributed by atoms with Crippen LogP contribution in [-0.2, 0) is 11.2 Å². The summed E-state index contributed by atoms with van der Waals surface area (Å²) in [7, 11) is 0. The zero-order valence-electron chi connectivity index (χ0n) is 14.7. The molecule has 2 aromatic rings. The average molecular weight is 345 g/mol. The highest BCUT2D eigenvalue weighted by Crippen LogP contribution is 2.24. The summed E-state index contributed by atoms with van der Waals surface area (Å²) in [4.78, 5) is 15.2. The van der Waals surface area contributed by atoms with Crippen LogP contribution in [0.3, 0.4) is 0 Å². The molecular weight excluding hydrogens is 321 g/mol. The van der Waals surface area contributed by atoms with E-state index in [-0.39, 0.29) is 11.7 Å². The molecule has 2 heterocycles. The molecule has 1 aliphatic rings. The predicted octanol–water partition coefficient (Wildman–Crippen LogP) is 2.55. The van der Waals surface area contributed by atoms with E-state index in [1.165, 1.54) is 18.6 Å². The van der Waals surface area contributed by atoms with Crippen LogP contribution in [0.5, 0.6) is 0 Å². The number of likely N-dealkylation sites (tertiary alicyclic amines) is 1. The number of piperidine rings is 1. The van der Waals surface area contributed by atoms with Gasteiger partial charge in [0, 0.05) is 19.5 Å². The van der Waals surface area contributed by atoms with E-state index in [0.717, 1.165) is 31.5 Å². The molecular formula is C18H24FN5O. The molecule has 2 atom stereocenters. The summed E-state index contributed by atoms with van der Waals surface area (Å²) in [5.74, 6) is 0.911. The summed E-state index contributed by atoms with van der Waals surface area (Å²) in [6.45, 7) is 5.52. The summed E-state index contributed by atoms with van der Waals surface area (Å²) < 4.78 is 14.8. The third kappa shape index (κ3) is 4.03. The first kappa shape index (κ1) is 17.5. The van der Waals surface area contributed by atoms with Crippen molar-refractivity contribution in [3.05, 3.63) is 41.5 Å². The van der Waals surface area contributed by atoms with Gasteiger partial charge in [0.25, 0.3) is 0 Å². The van der Waals surface area contributed by atoms with Gasteiger partial charge in [-0.25, -0.2) is 9.07 Å². The van der Waals surface area contributed by atoms with Gasteiger partial charge in [-0.1, -0.05) is 25.5 Å². The maximum Gasteiger partial charge on any atom is 0.247 e. The van der Waals surface area contributed by atoms with Gasteiger partial charge < -0.3 is 4.90 Å². The summed E-state index contributed by atoms with van der Waals surface area (Å²) in [5, 5.41) is 11.6. The number of nitrogens with zero attached hydrogens (tertiary/aromatic N) is 5. The topological polar surface area (TPSA) is 63.9 Å². The first-order valence-electron chi connectivity index (χ1n) is 8.86. The number of rotatable bonds is 5. The van der Waals surface area contributed by atoms with Crippen molar-refractivity contribution in [1.29, 1.82) is 0 Å². The Morgan fingerprint density at radius 3 is 2.76 bits per heavy atom. The SMILES string of the molecule is CC[C@@H]1CCCN(C(=O)[C@H](Cc2ccc(F)cc2)n2nnnc2C)C1. The second-order valence-corrected chi connectivity index (χ2v) is 6.72. The number of tetrazole rings is 1. The van der Waals surface area contributed by atoms with Crippen LogP contribution in [0.4, 0.5) is 4.39 Å². The lowest BCUT2D eigenvalue weighted by Gasteiger charge is -2.34. The van der Waals surface area contributed by atoms with E-state index in [4.69, 9.17) is 0 Å². The molecule has 0 N–H and O–H groups in total. The first-order chi connectivity index (χ1) is 12.1. The van der Waals surface area contributed by atoms with Gasteiger partial charge in [-0.05, 0) is 53.8 Å². The average Bonchev–Trinajstić information content (AvgIpc) is 3.06. The monoisotopic (exact) mass is 345 g/mol. The minimum atomic E-state index is -0.504. The van der Waals surface area contributed by atoms with Gasteiger partial charge in [0.05, 0.1) is 0 Å². The fourth-order valence-corrected chi connectivity index (χ4v) is 3.46. The van der Waals surface area contributed by atoms with Crippen molar-refractivity contribution in [3.63, 3.8) is 0 Å². The molecule has 0 radical (unpaired) electrons. The number of aromatic nitrogens is 4. The van der Waals surface area contributed by atoms with Crippen LogP contribution in [-0.4, -0.2) is 44.1 Å². The zero-order valence-corrected chi connectivity index (χ0v) is 14.7. The molecule has 7 heteroatoms. The van der Waals surface area contributed by atoms with Crippen molar-refractivity contribution < 1.29 is 9.18 Å². The molecule has 3 rings (SSSR count). The molecule has 25 heavy (non-hydrogen) atoms. The second kappa shape index (κ2) is 7.72. The van der Waals surface area contributed by atoms with Crippen LogP contribution < -0.4 is 0 Å². The van der Waals surface area contributed by atoms with Crippen LogP contribution in [0, 0.1) is 18.7 Å². The van der Waals surface area contributed by atoms with Crippen molar-refractivity contribution in [2.75, 3.05) is 13.1 Å². The number of amides is 1. The lowest BCUT2D eigenvalue weighted by atomic mass is 9.94. The van der Waals surface area contributed by atoms with Crippen molar-refractivity contribution in [1.82, 2.24) is 25.1 Å². The Morgan fingerprint density at radius 2 is 2.12 bits per heavy atom. The summed E-state index contributed by atoms with van der Waals surface area (Å²) >= 11 is 0. The Balaban J connectivity index is 1.84. The number of aryl methyl sites for hydroxylation is 1. The fraction of sp³-hybridized carbons (Fsp3) is 0.556. The molecule has 0 bridgehead atoms. The standard InChI is InChI=1S/C18H24FN5O/c1-3-14-5-4-10-23(12-14)18(25)17(24-13(2)20-21-22-24)11-15-6-8-16(19)9-7-15/h6-9,14,17H,3-5,10-12H2,1-2H3/t14-,17+/m1/s1. The third-order valence-corrected chi connectivity index (χ3v) is 4.99. The Kier molecular flexibility index (Phi) is 5.40. The molecule has 1 fully saturated rings. The van der Waals surface area contributed by atoms with Crippen LogP contribution in [0.25, 0.3) is 0 Å². The number of hydrogen-bond donors (Lipinski definition) is 0. The second-order valence-electron chi connectivity index (χ2n) is 6.72. The van der Waals surface area contributed by atoms with Gasteiger partial charge in [-0.15, -0.1) is 5.10 Å². The van der Waals surface area contributed by atoms with Crippen LogP contribution in [0.2, 0.25) is 0 Å². The number of benzene rings is 1. The molecule has 134 valence electrons. The normalized spacial score (nSPS) is 19.0. The highest BCUT2D eigenvalue weighted by Gasteiger charge is 2.31. The van der Waals surface area contributed by atoms with Gasteiger partial charge in [-0.3, -0.25) is 4.79 Å². The van der Waals surface area contributed by atoms with Crippen molar-refractivity contribution in [3.8, 4) is 0 Å². The summed E-state index contributed by atoms with van der Waals surface area (Å²) in [6.07, 6.45) is 3.73. The molecule has 0 unspecified atom stereocenters. The van der Waals surface area contributed by atoms with Crippen molar-refractivity contribution in [2.24, 2.45) is 5.92 Å². The van der Waals surface area contributed by atoms with Crippen molar-refractivity contribution >= 4 is 5.91 Å². The molecule has 6 nitrogen and oxygen atoms in total. The summed E-state index contributed by atoms with van der Waals surface area (Å²) in [6, 6.07) is 5.74. The molecule has 1 aromatic heterocycles. The van der Waals surface area contributed by atoms with Gasteiger partial charge in [0.2, 0.25) is 5.91 Å². The Labute approximate surface area is 147 Å². The molecule has 1 aliphatic heterocycles. The highest BCUT2D eigenvalue weighted by atomic mass is 19.1. The Hall–Kier alpha value is -2.31. The molecule has 0 spiro atoms. The maximum atomic E-state index is 13.2. The predicted molar refractivity (Wildman–Crippen MR) is 91.3 cm³/mol. The Bertz CT molecular complexity index is 715. The van der Waals surface area contributed by atoms with E-state index >= 15 is 0 Å². The van der Waals surface area contributed by atoms with E-state index in [2.05, 4.69) is 22.4 Å². The first-order valence-corrected chi connectivity index (χ1v) is 8.86. The van der Waals surface area contributed by atoms with Gasteiger partial charge in [0.1, 0.15) is 17.7 Å². The zero-order chi connectivity index (χ0) is 17.8. The Morgan fingerprint density at radius 1 is 1.36 bits per heavy atom. The quantitative estimate of drug-likeness (QED) is 0.835. The molecule has 1 amide bonds. The maximum absolute atomic E-state index is 13.2. The van der Waals surface area contributed by atoms with Crippen LogP contribution in [0.15, 0.2) is 24.3 Å². The molecule has 0 saturated carbocycles. The molecule has 0 aliphatic carbocycles. The number of hydrogen-bond acceptors (Lipinski definition) is 4. The smallest absolute Gasteiger partial charge is 0.247 e. The minimum Gasteiger partial charge on any atom is -0.341 e. The van der Waals surface area contributed by atoms with Crippen LogP contribution >= 0.6 is 0 Å². The lowest BCUT2D eigenvalue weighted by Crippen LogP contribution is -2.44. The number of halogens is 1. The van der Waals surface area contributed by atoms with Gasteiger partial charge in [0.15, 0.2) is 0 Å². The fourth-order valence-electron chi connectivity index (χ4n) is 3.46. The minimum absolute atomic E-state index is 0.0397. The van der Waals surface area contributed by atoms with E-state index in [0.29, 0.717) is 18.2 Å². The van der Waals surface area contributed by atoms with Gasteiger partial charge in [-0.2, -0.15) is 0 Å². The van der Waals surface area contributed by atoms with Crippen LogP contribution in [0.1, 0.15) is 43.6 Å². The number of carbonyl (C=O) groups is 1. The van der Waals surface area contributed by atoms with E-state index in [9.17, 15) is 9.18 Å². The number of carbonyl (C=O) groups excluding carboxylic acids is 1. The van der Waals surface area contributed by atoms with Crippen molar-refractivity contribution in [2.45, 2.75) is 45.6 Å². The highest BCUT2D eigenvalue weighted by molar-refractivity contribution is 5.80. The largest absolute Gasteiger partial charge is 0.341 e. The third-order valence-electron chi connectivity index (χ3n) is 4.99. The molecule has 1 aromatic carbocycles.